The van der Waals surface area contributed by atoms with Crippen LogP contribution in [0.4, 0.5) is 18.9 Å². The van der Waals surface area contributed by atoms with Crippen molar-refractivity contribution >= 4 is 62.1 Å². The molecule has 3 nitrogen and oxygen atoms in total. The van der Waals surface area contributed by atoms with E-state index in [0.717, 1.165) is 0 Å². The van der Waals surface area contributed by atoms with Crippen LogP contribution in [0.3, 0.4) is 0 Å². The van der Waals surface area contributed by atoms with Gasteiger partial charge in [0.1, 0.15) is 5.21 Å². The molecule has 0 aliphatic heterocycles. The monoisotopic (exact) mass is 375 g/mol. The Bertz CT molecular complexity index is 603. The number of sulfonamides is 1. The van der Waals surface area contributed by atoms with E-state index in [-0.39, 0.29) is 0 Å². The Balaban J connectivity index is 3.47. The number of alkyl halides is 4. The van der Waals surface area contributed by atoms with Crippen LogP contribution in [-0.2, 0) is 16.2 Å². The molecule has 0 saturated heterocycles. The van der Waals surface area contributed by atoms with Gasteiger partial charge in [-0.2, -0.15) is 13.2 Å². The molecular formula is C8H4Cl4F3NO2S. The zero-order valence-electron chi connectivity index (χ0n) is 8.65. The molecule has 1 rings (SSSR count). The van der Waals surface area contributed by atoms with E-state index >= 15 is 0 Å². The topological polar surface area (TPSA) is 46.2 Å². The van der Waals surface area contributed by atoms with Crippen LogP contribution in [0.2, 0.25) is 15.1 Å². The summed E-state index contributed by atoms with van der Waals surface area (Å²) in [5.41, 5.74) is -1.86. The number of halogens is 7. The first-order chi connectivity index (χ1) is 8.49. The van der Waals surface area contributed by atoms with Crippen LogP contribution < -0.4 is 4.72 Å². The predicted molar refractivity (Wildman–Crippen MR) is 69.7 cm³/mol. The summed E-state index contributed by atoms with van der Waals surface area (Å²) in [4.78, 5) is 0. The Hall–Kier alpha value is -0.0800. The fourth-order valence-electron chi connectivity index (χ4n) is 1.08. The molecule has 0 atom stereocenters. The average Bonchev–Trinajstić information content (AvgIpc) is 2.28. The highest BCUT2D eigenvalue weighted by molar-refractivity contribution is 7.93. The molecule has 0 radical (unpaired) electrons. The van der Waals surface area contributed by atoms with E-state index < -0.39 is 47.7 Å². The zero-order valence-corrected chi connectivity index (χ0v) is 12.5. The number of anilines is 1. The van der Waals surface area contributed by atoms with Crippen LogP contribution in [0.5, 0.6) is 0 Å². The lowest BCUT2D eigenvalue weighted by Gasteiger charge is -2.15. The number of rotatable bonds is 3. The maximum absolute atomic E-state index is 12.7. The zero-order chi connectivity index (χ0) is 15.0. The standard InChI is InChI=1S/C8H4Cl4F3NO2S/c9-2-19(17,18)16-4-1-3(8(13,14)15)5(10)7(12)6(4)11/h1,16H,2H2. The van der Waals surface area contributed by atoms with Gasteiger partial charge in [0.25, 0.3) is 0 Å². The van der Waals surface area contributed by atoms with E-state index in [9.17, 15) is 21.6 Å². The molecule has 0 unspecified atom stereocenters. The summed E-state index contributed by atoms with van der Waals surface area (Å²) in [5, 5.41) is -2.72. The minimum atomic E-state index is -4.81. The second-order valence-corrected chi connectivity index (χ2v) is 6.68. The molecule has 108 valence electrons. The van der Waals surface area contributed by atoms with E-state index in [0.29, 0.717) is 6.07 Å². The molecule has 0 heterocycles. The van der Waals surface area contributed by atoms with Gasteiger partial charge in [-0.25, -0.2) is 8.42 Å². The second kappa shape index (κ2) is 5.73. The molecule has 19 heavy (non-hydrogen) atoms. The average molecular weight is 377 g/mol. The van der Waals surface area contributed by atoms with Crippen LogP contribution >= 0.6 is 46.4 Å². The van der Waals surface area contributed by atoms with Gasteiger partial charge in [-0.05, 0) is 6.07 Å². The van der Waals surface area contributed by atoms with Gasteiger partial charge in [-0.15, -0.1) is 11.6 Å². The highest BCUT2D eigenvalue weighted by Gasteiger charge is 2.36. The van der Waals surface area contributed by atoms with Crippen molar-refractivity contribution in [1.82, 2.24) is 0 Å². The van der Waals surface area contributed by atoms with E-state index in [1.807, 2.05) is 0 Å². The number of nitrogens with one attached hydrogen (secondary N) is 1. The molecule has 0 aliphatic carbocycles. The van der Waals surface area contributed by atoms with Crippen LogP contribution in [0.1, 0.15) is 5.56 Å². The number of hydrogen-bond acceptors (Lipinski definition) is 2. The lowest BCUT2D eigenvalue weighted by atomic mass is 10.2. The third kappa shape index (κ3) is 3.95. The summed E-state index contributed by atoms with van der Waals surface area (Å²) in [7, 11) is -4.02. The van der Waals surface area contributed by atoms with Gasteiger partial charge in [0, 0.05) is 0 Å². The fraction of sp³-hybridized carbons (Fsp3) is 0.250. The van der Waals surface area contributed by atoms with Crippen LogP contribution in [0.25, 0.3) is 0 Å². The smallest absolute Gasteiger partial charge is 0.281 e. The summed E-state index contributed by atoms with van der Waals surface area (Å²) >= 11 is 21.7. The SMILES string of the molecule is O=S(=O)(CCl)Nc1cc(C(F)(F)F)c(Cl)c(Cl)c1Cl. The van der Waals surface area contributed by atoms with Crippen molar-refractivity contribution < 1.29 is 21.6 Å². The van der Waals surface area contributed by atoms with Gasteiger partial charge in [0.2, 0.25) is 10.0 Å². The molecule has 0 amide bonds. The van der Waals surface area contributed by atoms with Gasteiger partial charge in [0.15, 0.2) is 0 Å². The van der Waals surface area contributed by atoms with Crippen molar-refractivity contribution in [3.05, 3.63) is 26.7 Å². The normalized spacial score (nSPS) is 12.6. The maximum Gasteiger partial charge on any atom is 0.417 e. The Labute approximate surface area is 126 Å². The lowest BCUT2D eigenvalue weighted by molar-refractivity contribution is -0.137. The highest BCUT2D eigenvalue weighted by atomic mass is 35.5. The molecule has 0 saturated carbocycles. The van der Waals surface area contributed by atoms with E-state index in [1.54, 1.807) is 4.72 Å². The predicted octanol–water partition coefficient (Wildman–Crippen LogP) is 4.60. The van der Waals surface area contributed by atoms with E-state index in [2.05, 4.69) is 0 Å². The van der Waals surface area contributed by atoms with Crippen molar-refractivity contribution in [3.8, 4) is 0 Å². The van der Waals surface area contributed by atoms with Crippen molar-refractivity contribution in [2.45, 2.75) is 6.18 Å². The number of benzene rings is 1. The molecule has 1 aromatic carbocycles. The highest BCUT2D eigenvalue weighted by Crippen LogP contribution is 2.44. The first-order valence-corrected chi connectivity index (χ1v) is 7.63. The van der Waals surface area contributed by atoms with Crippen molar-refractivity contribution in [3.63, 3.8) is 0 Å². The molecule has 0 fully saturated rings. The Kier molecular flexibility index (Phi) is 5.12. The van der Waals surface area contributed by atoms with Gasteiger partial charge in [-0.1, -0.05) is 34.8 Å². The van der Waals surface area contributed by atoms with E-state index in [1.165, 1.54) is 0 Å². The van der Waals surface area contributed by atoms with Gasteiger partial charge in [-0.3, -0.25) is 4.72 Å². The molecule has 0 aromatic heterocycles. The quantitative estimate of drug-likeness (QED) is 0.618. The Morgan fingerprint density at radius 2 is 1.63 bits per heavy atom. The molecule has 11 heteroatoms. The van der Waals surface area contributed by atoms with Crippen LogP contribution in [-0.4, -0.2) is 13.6 Å². The Morgan fingerprint density at radius 3 is 2.05 bits per heavy atom. The fourth-order valence-corrected chi connectivity index (χ4v) is 2.55. The molecule has 1 N–H and O–H groups in total. The van der Waals surface area contributed by atoms with Gasteiger partial charge >= 0.3 is 6.18 Å². The van der Waals surface area contributed by atoms with Gasteiger partial charge < -0.3 is 0 Å². The van der Waals surface area contributed by atoms with E-state index in [4.69, 9.17) is 46.4 Å². The molecule has 1 aromatic rings. The lowest BCUT2D eigenvalue weighted by Crippen LogP contribution is -2.15. The summed E-state index contributed by atoms with van der Waals surface area (Å²) < 4.78 is 62.2. The molecule has 0 aliphatic rings. The minimum Gasteiger partial charge on any atom is -0.281 e. The van der Waals surface area contributed by atoms with Gasteiger partial charge in [0.05, 0.1) is 26.3 Å². The van der Waals surface area contributed by atoms with Crippen molar-refractivity contribution in [2.24, 2.45) is 0 Å². The third-order valence-corrected chi connectivity index (χ3v) is 4.90. The molecular weight excluding hydrogens is 373 g/mol. The maximum atomic E-state index is 12.7. The summed E-state index contributed by atoms with van der Waals surface area (Å²) in [6.45, 7) is 0. The third-order valence-electron chi connectivity index (χ3n) is 1.86. The second-order valence-electron chi connectivity index (χ2n) is 3.24. The first kappa shape index (κ1) is 17.0. The number of hydrogen-bond donors (Lipinski definition) is 1. The van der Waals surface area contributed by atoms with Crippen molar-refractivity contribution in [2.75, 3.05) is 9.93 Å². The van der Waals surface area contributed by atoms with Crippen LogP contribution in [0, 0.1) is 0 Å². The van der Waals surface area contributed by atoms with Crippen molar-refractivity contribution in [1.29, 1.82) is 0 Å². The summed E-state index contributed by atoms with van der Waals surface area (Å²) in [6.07, 6.45) is -4.81. The largest absolute Gasteiger partial charge is 0.417 e. The molecule has 0 bridgehead atoms. The Morgan fingerprint density at radius 1 is 1.11 bits per heavy atom. The molecule has 0 spiro atoms. The summed E-state index contributed by atoms with van der Waals surface area (Å²) in [5.74, 6) is 0. The minimum absolute atomic E-state index is 0.445. The summed E-state index contributed by atoms with van der Waals surface area (Å²) in [6, 6.07) is 0.445. The van der Waals surface area contributed by atoms with Crippen LogP contribution in [0.15, 0.2) is 6.07 Å². The first-order valence-electron chi connectivity index (χ1n) is 4.30.